The van der Waals surface area contributed by atoms with Crippen LogP contribution in [-0.2, 0) is 27.5 Å². The Morgan fingerprint density at radius 3 is 2.48 bits per heavy atom. The molecule has 1 aliphatic heterocycles. The number of ether oxygens (including phenoxy) is 2. The summed E-state index contributed by atoms with van der Waals surface area (Å²) in [7, 11) is 0. The Labute approximate surface area is 232 Å². The first-order valence-electron chi connectivity index (χ1n) is 13.4. The summed E-state index contributed by atoms with van der Waals surface area (Å²) >= 11 is 0. The molecule has 1 N–H and O–H groups in total. The van der Waals surface area contributed by atoms with Crippen LogP contribution in [0.5, 0.6) is 0 Å². The minimum absolute atomic E-state index is 0.511. The van der Waals surface area contributed by atoms with E-state index in [-0.39, 0.29) is 0 Å². The number of carboxylic acids is 1. The molecule has 7 heteroatoms. The molecule has 0 bridgehead atoms. The predicted molar refractivity (Wildman–Crippen MR) is 155 cm³/mol. The number of nitrogens with zero attached hydrogens (tertiary/aromatic N) is 3. The van der Waals surface area contributed by atoms with Gasteiger partial charge in [0.15, 0.2) is 6.10 Å². The van der Waals surface area contributed by atoms with Crippen molar-refractivity contribution in [1.29, 1.82) is 0 Å². The van der Waals surface area contributed by atoms with Gasteiger partial charge in [-0.05, 0) is 86.7 Å². The van der Waals surface area contributed by atoms with Crippen molar-refractivity contribution in [2.75, 3.05) is 0 Å². The topological polar surface area (TPSA) is 94.4 Å². The van der Waals surface area contributed by atoms with Crippen LogP contribution >= 0.6 is 0 Å². The van der Waals surface area contributed by atoms with E-state index >= 15 is 0 Å². The molecule has 40 heavy (non-hydrogen) atoms. The summed E-state index contributed by atoms with van der Waals surface area (Å²) in [6.07, 6.45) is 4.19. The average Bonchev–Trinajstić information content (AvgIpc) is 2.91. The van der Waals surface area contributed by atoms with E-state index in [1.165, 1.54) is 0 Å². The van der Waals surface area contributed by atoms with E-state index in [9.17, 15) is 9.90 Å². The fourth-order valence-corrected chi connectivity index (χ4v) is 5.64. The van der Waals surface area contributed by atoms with Crippen LogP contribution < -0.4 is 0 Å². The lowest BCUT2D eigenvalue weighted by Crippen LogP contribution is -2.28. The SMILES string of the molecule is Cc1ccncc1-c1ccc2c(-c3ccc4c5c(ccnc35)COC4)c([C@H](OC(C)(C)C)C(=O)O)c(C)cc2n1. The first-order valence-corrected chi connectivity index (χ1v) is 13.4. The largest absolute Gasteiger partial charge is 0.479 e. The fraction of sp³-hybridized carbons (Fsp3) is 0.273. The Balaban J connectivity index is 1.70. The van der Waals surface area contributed by atoms with E-state index < -0.39 is 17.7 Å². The average molecular weight is 534 g/mol. The number of fused-ring (bicyclic) bond motifs is 1. The zero-order valence-electron chi connectivity index (χ0n) is 23.3. The van der Waals surface area contributed by atoms with Crippen molar-refractivity contribution in [1.82, 2.24) is 15.0 Å². The quantitative estimate of drug-likeness (QED) is 0.257. The van der Waals surface area contributed by atoms with Crippen molar-refractivity contribution in [2.24, 2.45) is 0 Å². The lowest BCUT2D eigenvalue weighted by Gasteiger charge is -2.29. The number of rotatable bonds is 5. The lowest BCUT2D eigenvalue weighted by molar-refractivity contribution is -0.160. The summed E-state index contributed by atoms with van der Waals surface area (Å²) in [5, 5.41) is 12.3. The van der Waals surface area contributed by atoms with Crippen LogP contribution in [0.3, 0.4) is 0 Å². The van der Waals surface area contributed by atoms with Crippen LogP contribution in [0.1, 0.15) is 54.7 Å². The molecule has 0 saturated carbocycles. The minimum atomic E-state index is -1.19. The smallest absolute Gasteiger partial charge is 0.337 e. The number of pyridine rings is 3. The van der Waals surface area contributed by atoms with Crippen molar-refractivity contribution in [3.05, 3.63) is 88.9 Å². The number of benzene rings is 2. The second-order valence-corrected chi connectivity index (χ2v) is 11.3. The zero-order valence-corrected chi connectivity index (χ0v) is 23.3. The van der Waals surface area contributed by atoms with Gasteiger partial charge in [-0.15, -0.1) is 0 Å². The molecule has 6 rings (SSSR count). The van der Waals surface area contributed by atoms with Gasteiger partial charge in [0.2, 0.25) is 0 Å². The Hall–Kier alpha value is -4.20. The molecule has 0 aliphatic carbocycles. The van der Waals surface area contributed by atoms with Crippen LogP contribution in [0.25, 0.3) is 44.2 Å². The maximum absolute atomic E-state index is 12.8. The number of carbonyl (C=O) groups is 1. The molecule has 2 aromatic carbocycles. The van der Waals surface area contributed by atoms with Gasteiger partial charge in [0.25, 0.3) is 0 Å². The number of aryl methyl sites for hydroxylation is 2. The van der Waals surface area contributed by atoms with Gasteiger partial charge in [0, 0.05) is 46.1 Å². The van der Waals surface area contributed by atoms with Crippen molar-refractivity contribution >= 4 is 27.8 Å². The van der Waals surface area contributed by atoms with E-state index in [0.29, 0.717) is 18.8 Å². The van der Waals surface area contributed by atoms with Crippen LogP contribution in [-0.4, -0.2) is 31.6 Å². The van der Waals surface area contributed by atoms with Crippen LogP contribution in [0.4, 0.5) is 0 Å². The fourth-order valence-electron chi connectivity index (χ4n) is 5.64. The summed E-state index contributed by atoms with van der Waals surface area (Å²) in [6, 6.07) is 14.0. The molecule has 202 valence electrons. The van der Waals surface area contributed by atoms with Gasteiger partial charge in [-0.3, -0.25) is 9.97 Å². The first kappa shape index (κ1) is 26.0. The Bertz CT molecular complexity index is 1800. The normalized spacial score (nSPS) is 14.0. The van der Waals surface area contributed by atoms with E-state index in [0.717, 1.165) is 66.4 Å². The number of hydrogen-bond donors (Lipinski definition) is 1. The molecule has 0 saturated heterocycles. The Kier molecular flexibility index (Phi) is 6.36. The molecular weight excluding hydrogens is 502 g/mol. The molecule has 0 unspecified atom stereocenters. The Morgan fingerprint density at radius 1 is 0.975 bits per heavy atom. The summed E-state index contributed by atoms with van der Waals surface area (Å²) in [5.74, 6) is -1.04. The van der Waals surface area contributed by atoms with E-state index in [1.807, 2.05) is 77.2 Å². The third-order valence-electron chi connectivity index (χ3n) is 7.36. The van der Waals surface area contributed by atoms with Gasteiger partial charge in [-0.1, -0.05) is 18.2 Å². The summed E-state index contributed by atoms with van der Waals surface area (Å²) in [6.45, 7) is 10.6. The number of aromatic nitrogens is 3. The van der Waals surface area contributed by atoms with Gasteiger partial charge in [0.1, 0.15) is 0 Å². The Morgan fingerprint density at radius 2 is 1.75 bits per heavy atom. The van der Waals surface area contributed by atoms with Gasteiger partial charge >= 0.3 is 5.97 Å². The molecule has 7 nitrogen and oxygen atoms in total. The summed E-state index contributed by atoms with van der Waals surface area (Å²) < 4.78 is 12.0. The minimum Gasteiger partial charge on any atom is -0.479 e. The van der Waals surface area contributed by atoms with Gasteiger partial charge in [0.05, 0.1) is 35.5 Å². The van der Waals surface area contributed by atoms with Crippen molar-refractivity contribution in [3.63, 3.8) is 0 Å². The molecule has 4 heterocycles. The molecule has 1 atom stereocenters. The van der Waals surface area contributed by atoms with Crippen LogP contribution in [0.15, 0.2) is 61.1 Å². The predicted octanol–water partition coefficient (Wildman–Crippen LogP) is 7.10. The highest BCUT2D eigenvalue weighted by Gasteiger charge is 2.32. The van der Waals surface area contributed by atoms with Crippen LogP contribution in [0, 0.1) is 13.8 Å². The maximum Gasteiger partial charge on any atom is 0.337 e. The van der Waals surface area contributed by atoms with Crippen LogP contribution in [0.2, 0.25) is 0 Å². The van der Waals surface area contributed by atoms with Gasteiger partial charge in [-0.25, -0.2) is 9.78 Å². The molecule has 3 aromatic heterocycles. The van der Waals surface area contributed by atoms with E-state index in [1.54, 1.807) is 12.4 Å². The first-order chi connectivity index (χ1) is 19.1. The highest BCUT2D eigenvalue weighted by atomic mass is 16.5. The summed E-state index contributed by atoms with van der Waals surface area (Å²) in [5.41, 5.74) is 8.90. The standard InChI is InChI=1S/C33H31N3O4/c1-18-10-12-34-15-24(18)25-9-8-22-26(36-25)14-19(2)27(31(32(37)38)40-33(3,4)5)29(22)23-7-6-20-16-39-17-21-11-13-35-30(23)28(20)21/h6-15,31H,16-17H2,1-5H3,(H,37,38)/t31-/m0/s1. The highest BCUT2D eigenvalue weighted by molar-refractivity contribution is 6.07. The lowest BCUT2D eigenvalue weighted by atomic mass is 9.86. The van der Waals surface area contributed by atoms with Crippen molar-refractivity contribution < 1.29 is 19.4 Å². The van der Waals surface area contributed by atoms with Gasteiger partial charge in [-0.2, -0.15) is 0 Å². The molecule has 1 aliphatic rings. The number of aliphatic carboxylic acids is 1. The zero-order chi connectivity index (χ0) is 28.2. The number of hydrogen-bond acceptors (Lipinski definition) is 6. The monoisotopic (exact) mass is 533 g/mol. The maximum atomic E-state index is 12.8. The summed E-state index contributed by atoms with van der Waals surface area (Å²) in [4.78, 5) is 26.9. The third-order valence-corrected chi connectivity index (χ3v) is 7.36. The molecule has 0 radical (unpaired) electrons. The number of carboxylic acid groups (broad SMARTS) is 1. The molecule has 5 aromatic rings. The second-order valence-electron chi connectivity index (χ2n) is 11.3. The van der Waals surface area contributed by atoms with E-state index in [2.05, 4.69) is 11.1 Å². The third kappa shape index (κ3) is 4.51. The van der Waals surface area contributed by atoms with Gasteiger partial charge < -0.3 is 14.6 Å². The molecule has 0 fully saturated rings. The molecule has 0 amide bonds. The molecule has 0 spiro atoms. The second kappa shape index (κ2) is 9.77. The van der Waals surface area contributed by atoms with Crippen molar-refractivity contribution in [3.8, 4) is 22.4 Å². The highest BCUT2D eigenvalue weighted by Crippen LogP contribution is 2.44. The van der Waals surface area contributed by atoms with Crippen molar-refractivity contribution in [2.45, 2.75) is 59.5 Å². The van der Waals surface area contributed by atoms with E-state index in [4.69, 9.17) is 19.4 Å². The molecular formula is C33H31N3O4.